The Morgan fingerprint density at radius 1 is 1.00 bits per heavy atom. The fourth-order valence-electron chi connectivity index (χ4n) is 2.03. The minimum Gasteiger partial charge on any atom is -0.350 e. The Labute approximate surface area is 171 Å². The van der Waals surface area contributed by atoms with Crippen LogP contribution in [0.5, 0.6) is 0 Å². The molecule has 1 heterocycles. The van der Waals surface area contributed by atoms with Crippen LogP contribution >= 0.6 is 24.8 Å². The molecule has 9 heteroatoms. The number of benzene rings is 1. The van der Waals surface area contributed by atoms with Gasteiger partial charge in [0, 0.05) is 31.2 Å². The quantitative estimate of drug-likeness (QED) is 0.583. The minimum atomic E-state index is -0.928. The molecule has 0 aliphatic rings. The number of hydrogen-bond donors (Lipinski definition) is 4. The van der Waals surface area contributed by atoms with E-state index in [1.54, 1.807) is 38.4 Å². The molecule has 3 amide bonds. The van der Waals surface area contributed by atoms with Gasteiger partial charge in [0.25, 0.3) is 0 Å². The summed E-state index contributed by atoms with van der Waals surface area (Å²) >= 11 is 0. The lowest BCUT2D eigenvalue weighted by Gasteiger charge is -2.18. The van der Waals surface area contributed by atoms with E-state index in [2.05, 4.69) is 20.9 Å². The van der Waals surface area contributed by atoms with Crippen molar-refractivity contribution in [1.82, 2.24) is 15.6 Å². The number of nitrogens with one attached hydrogen (secondary N) is 3. The van der Waals surface area contributed by atoms with Gasteiger partial charge in [0.15, 0.2) is 0 Å². The first-order valence-electron chi connectivity index (χ1n) is 7.94. The molecule has 1 aromatic carbocycles. The van der Waals surface area contributed by atoms with Crippen LogP contribution in [0.4, 0.5) is 10.5 Å². The molecule has 1 aromatic heterocycles. The number of hydrogen-bond acceptors (Lipinski definition) is 4. The van der Waals surface area contributed by atoms with Crippen molar-refractivity contribution in [2.24, 2.45) is 5.73 Å². The van der Waals surface area contributed by atoms with Crippen LogP contribution in [0.25, 0.3) is 0 Å². The molecule has 0 saturated heterocycles. The number of nitrogens with two attached hydrogens (primary N) is 1. The molecule has 0 saturated carbocycles. The van der Waals surface area contributed by atoms with Crippen molar-refractivity contribution >= 4 is 42.4 Å². The van der Waals surface area contributed by atoms with E-state index < -0.39 is 5.54 Å². The molecular formula is C18H25Cl2N5O2. The van der Waals surface area contributed by atoms with E-state index in [9.17, 15) is 9.59 Å². The van der Waals surface area contributed by atoms with Crippen LogP contribution in [-0.2, 0) is 17.9 Å². The van der Waals surface area contributed by atoms with E-state index in [0.717, 1.165) is 11.1 Å². The zero-order chi connectivity index (χ0) is 18.3. The highest BCUT2D eigenvalue weighted by Crippen LogP contribution is 2.11. The number of carbonyl (C=O) groups excluding carboxylic acids is 2. The smallest absolute Gasteiger partial charge is 0.319 e. The van der Waals surface area contributed by atoms with Gasteiger partial charge in [-0.05, 0) is 49.2 Å². The van der Waals surface area contributed by atoms with Crippen LogP contribution in [0.1, 0.15) is 25.0 Å². The number of pyridine rings is 1. The predicted molar refractivity (Wildman–Crippen MR) is 111 cm³/mol. The van der Waals surface area contributed by atoms with Gasteiger partial charge < -0.3 is 21.7 Å². The van der Waals surface area contributed by atoms with Gasteiger partial charge >= 0.3 is 6.03 Å². The Bertz CT molecular complexity index is 736. The van der Waals surface area contributed by atoms with Crippen molar-refractivity contribution in [2.75, 3.05) is 5.32 Å². The second kappa shape index (κ2) is 11.4. The van der Waals surface area contributed by atoms with E-state index in [0.29, 0.717) is 18.8 Å². The molecule has 0 fully saturated rings. The number of anilines is 1. The van der Waals surface area contributed by atoms with E-state index >= 15 is 0 Å². The first-order valence-corrected chi connectivity index (χ1v) is 7.94. The second-order valence-corrected chi connectivity index (χ2v) is 6.27. The average Bonchev–Trinajstić information content (AvgIpc) is 2.58. The molecular weight excluding hydrogens is 389 g/mol. The number of aromatic nitrogens is 1. The third-order valence-electron chi connectivity index (χ3n) is 3.43. The summed E-state index contributed by atoms with van der Waals surface area (Å²) in [7, 11) is 0. The number of amides is 3. The van der Waals surface area contributed by atoms with E-state index in [1.165, 1.54) is 0 Å². The monoisotopic (exact) mass is 413 g/mol. The van der Waals surface area contributed by atoms with Crippen molar-refractivity contribution < 1.29 is 9.59 Å². The summed E-state index contributed by atoms with van der Waals surface area (Å²) in [5.41, 5.74) is 7.28. The van der Waals surface area contributed by atoms with E-state index in [1.807, 2.05) is 24.3 Å². The topological polar surface area (TPSA) is 109 Å². The Morgan fingerprint density at radius 2 is 1.63 bits per heavy atom. The summed E-state index contributed by atoms with van der Waals surface area (Å²) in [5.74, 6) is -0.235. The number of halogens is 2. The van der Waals surface area contributed by atoms with Crippen LogP contribution in [0, 0.1) is 0 Å². The lowest BCUT2D eigenvalue weighted by atomic mass is 10.1. The summed E-state index contributed by atoms with van der Waals surface area (Å²) < 4.78 is 0. The molecule has 0 unspecified atom stereocenters. The highest BCUT2D eigenvalue weighted by Gasteiger charge is 2.21. The Kier molecular flexibility index (Phi) is 10.4. The fourth-order valence-corrected chi connectivity index (χ4v) is 2.03. The van der Waals surface area contributed by atoms with Crippen molar-refractivity contribution in [2.45, 2.75) is 32.5 Å². The number of nitrogens with zero attached hydrogens (tertiary/aromatic N) is 1. The minimum absolute atomic E-state index is 0. The van der Waals surface area contributed by atoms with Gasteiger partial charge in [-0.3, -0.25) is 9.78 Å². The molecule has 0 aliphatic carbocycles. The molecule has 0 spiro atoms. The Balaban J connectivity index is 0.00000338. The van der Waals surface area contributed by atoms with Gasteiger partial charge in [-0.25, -0.2) is 4.79 Å². The lowest BCUT2D eigenvalue weighted by Crippen LogP contribution is -2.48. The van der Waals surface area contributed by atoms with Crippen LogP contribution in [0.15, 0.2) is 48.8 Å². The number of rotatable bonds is 6. The zero-order valence-electron chi connectivity index (χ0n) is 15.2. The third kappa shape index (κ3) is 8.72. The maximum atomic E-state index is 12.0. The molecule has 0 radical (unpaired) electrons. The van der Waals surface area contributed by atoms with Gasteiger partial charge in [-0.2, -0.15) is 0 Å². The van der Waals surface area contributed by atoms with Crippen LogP contribution in [-0.4, -0.2) is 22.5 Å². The van der Waals surface area contributed by atoms with E-state index in [4.69, 9.17) is 5.73 Å². The van der Waals surface area contributed by atoms with Gasteiger partial charge in [0.2, 0.25) is 5.91 Å². The lowest BCUT2D eigenvalue weighted by molar-refractivity contribution is -0.125. The van der Waals surface area contributed by atoms with Crippen LogP contribution in [0.3, 0.4) is 0 Å². The average molecular weight is 414 g/mol. The van der Waals surface area contributed by atoms with Crippen LogP contribution < -0.4 is 21.7 Å². The van der Waals surface area contributed by atoms with Gasteiger partial charge in [0.05, 0.1) is 5.54 Å². The normalized spacial score (nSPS) is 10.0. The fraction of sp³-hybridized carbons (Fsp3) is 0.278. The van der Waals surface area contributed by atoms with Crippen molar-refractivity contribution in [1.29, 1.82) is 0 Å². The molecule has 7 nitrogen and oxygen atoms in total. The van der Waals surface area contributed by atoms with Crippen molar-refractivity contribution in [3.63, 3.8) is 0 Å². The SMILES string of the molecule is CC(C)(N)C(=O)NCc1cccc(NC(=O)NCc2ccncc2)c1.Cl.Cl. The van der Waals surface area contributed by atoms with Gasteiger partial charge in [0.1, 0.15) is 0 Å². The number of urea groups is 1. The molecule has 2 aromatic rings. The van der Waals surface area contributed by atoms with Gasteiger partial charge in [-0.1, -0.05) is 12.1 Å². The maximum absolute atomic E-state index is 12.0. The summed E-state index contributed by atoms with van der Waals surface area (Å²) in [6.45, 7) is 4.05. The number of carbonyl (C=O) groups is 2. The summed E-state index contributed by atoms with van der Waals surface area (Å²) in [5, 5.41) is 8.31. The molecule has 27 heavy (non-hydrogen) atoms. The van der Waals surface area contributed by atoms with Gasteiger partial charge in [-0.15, -0.1) is 24.8 Å². The molecule has 2 rings (SSSR count). The summed E-state index contributed by atoms with van der Waals surface area (Å²) in [6.07, 6.45) is 3.35. The maximum Gasteiger partial charge on any atom is 0.319 e. The first kappa shape index (κ1) is 24.7. The Morgan fingerprint density at radius 3 is 2.26 bits per heavy atom. The standard InChI is InChI=1S/C18H23N5O2.2ClH/c1-18(2,19)16(24)21-12-14-4-3-5-15(10-14)23-17(25)22-11-13-6-8-20-9-7-13;;/h3-10H,11-12,19H2,1-2H3,(H,21,24)(H2,22,23,25);2*1H. The largest absolute Gasteiger partial charge is 0.350 e. The molecule has 0 atom stereocenters. The van der Waals surface area contributed by atoms with E-state index in [-0.39, 0.29) is 36.8 Å². The molecule has 148 valence electrons. The zero-order valence-corrected chi connectivity index (χ0v) is 16.8. The van der Waals surface area contributed by atoms with Crippen LogP contribution in [0.2, 0.25) is 0 Å². The van der Waals surface area contributed by atoms with Crippen molar-refractivity contribution in [3.8, 4) is 0 Å². The second-order valence-electron chi connectivity index (χ2n) is 6.27. The summed E-state index contributed by atoms with van der Waals surface area (Å²) in [6, 6.07) is 10.6. The molecule has 0 bridgehead atoms. The highest BCUT2D eigenvalue weighted by molar-refractivity contribution is 5.89. The predicted octanol–water partition coefficient (Wildman–Crippen LogP) is 2.60. The first-order chi connectivity index (χ1) is 11.8. The molecule has 5 N–H and O–H groups in total. The summed E-state index contributed by atoms with van der Waals surface area (Å²) in [4.78, 5) is 27.7. The third-order valence-corrected chi connectivity index (χ3v) is 3.43. The molecule has 0 aliphatic heterocycles. The highest BCUT2D eigenvalue weighted by atomic mass is 35.5. The Hall–Kier alpha value is -2.35. The van der Waals surface area contributed by atoms with Crippen molar-refractivity contribution in [3.05, 3.63) is 59.9 Å².